The second-order valence-corrected chi connectivity index (χ2v) is 7.18. The summed E-state index contributed by atoms with van der Waals surface area (Å²) in [6, 6.07) is 18.0. The molecule has 0 atom stereocenters. The zero-order chi connectivity index (χ0) is 20.8. The fourth-order valence-corrected chi connectivity index (χ4v) is 3.77. The first-order chi connectivity index (χ1) is 14.0. The van der Waals surface area contributed by atoms with Gasteiger partial charge in [0.25, 0.3) is 5.91 Å². The van der Waals surface area contributed by atoms with Gasteiger partial charge in [0, 0.05) is 11.3 Å². The number of ether oxygens (including phenoxy) is 1. The molecule has 0 unspecified atom stereocenters. The number of benzene rings is 2. The van der Waals surface area contributed by atoms with Crippen LogP contribution < -0.4 is 4.80 Å². The van der Waals surface area contributed by atoms with Crippen molar-refractivity contribution in [1.82, 2.24) is 4.57 Å². The van der Waals surface area contributed by atoms with Gasteiger partial charge >= 0.3 is 5.97 Å². The first kappa shape index (κ1) is 20.2. The molecular formula is C22H19N3O3S. The lowest BCUT2D eigenvalue weighted by atomic mass is 10.1. The van der Waals surface area contributed by atoms with Crippen molar-refractivity contribution in [2.45, 2.75) is 20.4 Å². The van der Waals surface area contributed by atoms with Crippen molar-refractivity contribution >= 4 is 23.2 Å². The van der Waals surface area contributed by atoms with E-state index >= 15 is 0 Å². The number of hydrogen-bond donors (Lipinski definition) is 0. The third kappa shape index (κ3) is 4.68. The summed E-state index contributed by atoms with van der Waals surface area (Å²) in [6.07, 6.45) is 0. The van der Waals surface area contributed by atoms with Gasteiger partial charge in [-0.3, -0.25) is 4.79 Å². The Balaban J connectivity index is 2.06. The highest BCUT2D eigenvalue weighted by atomic mass is 32.1. The first-order valence-corrected chi connectivity index (χ1v) is 9.85. The van der Waals surface area contributed by atoms with Crippen molar-refractivity contribution in [3.63, 3.8) is 0 Å². The van der Waals surface area contributed by atoms with E-state index in [-0.39, 0.29) is 6.61 Å². The Morgan fingerprint density at radius 3 is 2.45 bits per heavy atom. The molecule has 0 saturated carbocycles. The molecule has 146 valence electrons. The normalized spacial score (nSPS) is 11.1. The molecule has 6 nitrogen and oxygen atoms in total. The van der Waals surface area contributed by atoms with E-state index in [1.54, 1.807) is 31.2 Å². The van der Waals surface area contributed by atoms with Crippen molar-refractivity contribution in [3.8, 4) is 6.07 Å². The lowest BCUT2D eigenvalue weighted by molar-refractivity contribution is 0.0530. The number of aromatic nitrogens is 1. The summed E-state index contributed by atoms with van der Waals surface area (Å²) in [5.74, 6) is -0.864. The predicted octanol–water partition coefficient (Wildman–Crippen LogP) is 3.70. The van der Waals surface area contributed by atoms with Crippen molar-refractivity contribution in [2.24, 2.45) is 4.99 Å². The number of amides is 1. The summed E-state index contributed by atoms with van der Waals surface area (Å²) in [6.45, 7) is 4.31. The van der Waals surface area contributed by atoms with E-state index in [1.807, 2.05) is 47.9 Å². The van der Waals surface area contributed by atoms with Crippen molar-refractivity contribution in [1.29, 1.82) is 5.26 Å². The Bertz CT molecular complexity index is 1140. The lowest BCUT2D eigenvalue weighted by Gasteiger charge is -2.07. The topological polar surface area (TPSA) is 84.4 Å². The minimum atomic E-state index is -0.437. The number of carbonyl (C=O) groups is 2. The minimum absolute atomic E-state index is 0.269. The largest absolute Gasteiger partial charge is 0.462 e. The van der Waals surface area contributed by atoms with E-state index in [0.717, 1.165) is 16.9 Å². The lowest BCUT2D eigenvalue weighted by Crippen LogP contribution is -2.19. The van der Waals surface area contributed by atoms with Crippen LogP contribution in [0.4, 0.5) is 0 Å². The summed E-state index contributed by atoms with van der Waals surface area (Å²) in [7, 11) is 0. The molecule has 0 N–H and O–H groups in total. The first-order valence-electron chi connectivity index (χ1n) is 9.04. The van der Waals surface area contributed by atoms with Crippen LogP contribution in [0.15, 0.2) is 59.6 Å². The Kier molecular flexibility index (Phi) is 6.37. The van der Waals surface area contributed by atoms with E-state index < -0.39 is 11.9 Å². The van der Waals surface area contributed by atoms with E-state index in [9.17, 15) is 9.59 Å². The number of rotatable bonds is 5. The van der Waals surface area contributed by atoms with Gasteiger partial charge in [-0.1, -0.05) is 41.7 Å². The van der Waals surface area contributed by atoms with Crippen LogP contribution in [-0.2, 0) is 11.3 Å². The molecule has 0 bridgehead atoms. The molecule has 3 rings (SSSR count). The van der Waals surface area contributed by atoms with Crippen molar-refractivity contribution in [2.75, 3.05) is 6.61 Å². The minimum Gasteiger partial charge on any atom is -0.462 e. The van der Waals surface area contributed by atoms with Gasteiger partial charge in [-0.25, -0.2) is 4.79 Å². The highest BCUT2D eigenvalue weighted by Gasteiger charge is 2.19. The number of nitriles is 1. The quantitative estimate of drug-likeness (QED) is 0.606. The second-order valence-electron chi connectivity index (χ2n) is 6.20. The molecular weight excluding hydrogens is 386 g/mol. The highest BCUT2D eigenvalue weighted by Crippen LogP contribution is 2.16. The molecule has 1 heterocycles. The molecule has 0 radical (unpaired) electrons. The molecule has 0 saturated heterocycles. The molecule has 3 aromatic rings. The second kappa shape index (κ2) is 9.13. The highest BCUT2D eigenvalue weighted by molar-refractivity contribution is 7.11. The molecule has 0 spiro atoms. The van der Waals surface area contributed by atoms with Crippen LogP contribution in [-0.4, -0.2) is 23.1 Å². The predicted molar refractivity (Wildman–Crippen MR) is 110 cm³/mol. The molecule has 2 aromatic carbocycles. The molecule has 0 fully saturated rings. The van der Waals surface area contributed by atoms with Crippen LogP contribution >= 0.6 is 11.3 Å². The molecule has 0 aliphatic heterocycles. The number of hydrogen-bond acceptors (Lipinski definition) is 5. The Hall–Kier alpha value is -3.50. The number of carbonyl (C=O) groups excluding carboxylic acids is 2. The van der Waals surface area contributed by atoms with Crippen LogP contribution in [0.3, 0.4) is 0 Å². The smallest absolute Gasteiger partial charge is 0.350 e. The molecule has 0 aliphatic carbocycles. The number of esters is 1. The maximum Gasteiger partial charge on any atom is 0.350 e. The van der Waals surface area contributed by atoms with E-state index in [2.05, 4.69) is 4.99 Å². The average molecular weight is 405 g/mol. The Labute approximate surface area is 172 Å². The van der Waals surface area contributed by atoms with Crippen LogP contribution in [0.25, 0.3) is 0 Å². The summed E-state index contributed by atoms with van der Waals surface area (Å²) in [5, 5.41) is 8.90. The maximum absolute atomic E-state index is 12.7. The van der Waals surface area contributed by atoms with E-state index in [0.29, 0.717) is 33.0 Å². The molecule has 7 heteroatoms. The summed E-state index contributed by atoms with van der Waals surface area (Å²) in [4.78, 5) is 30.1. The summed E-state index contributed by atoms with van der Waals surface area (Å²) < 4.78 is 6.98. The van der Waals surface area contributed by atoms with Crippen LogP contribution in [0.5, 0.6) is 0 Å². The van der Waals surface area contributed by atoms with Gasteiger partial charge in [0.2, 0.25) is 0 Å². The Morgan fingerprint density at radius 1 is 1.14 bits per heavy atom. The monoisotopic (exact) mass is 405 g/mol. The van der Waals surface area contributed by atoms with Crippen molar-refractivity contribution < 1.29 is 14.3 Å². The standard InChI is InChI=1S/C22H19N3O3S/c1-3-28-21(27)19-15(2)25(14-17-7-5-4-6-8-17)22(29-19)24-20(26)18-11-9-16(13-23)10-12-18/h4-12H,3,14H2,1-2H3. The van der Waals surface area contributed by atoms with Gasteiger partial charge in [-0.15, -0.1) is 0 Å². The van der Waals surface area contributed by atoms with Crippen molar-refractivity contribution in [3.05, 3.63) is 86.7 Å². The number of nitrogens with zero attached hydrogens (tertiary/aromatic N) is 3. The van der Waals surface area contributed by atoms with Gasteiger partial charge in [-0.05, 0) is 43.7 Å². The van der Waals surface area contributed by atoms with Gasteiger partial charge < -0.3 is 9.30 Å². The third-order valence-electron chi connectivity index (χ3n) is 4.26. The molecule has 29 heavy (non-hydrogen) atoms. The maximum atomic E-state index is 12.7. The summed E-state index contributed by atoms with van der Waals surface area (Å²) in [5.41, 5.74) is 2.57. The molecule has 0 aliphatic rings. The van der Waals surface area contributed by atoms with Crippen LogP contribution in [0.2, 0.25) is 0 Å². The third-order valence-corrected chi connectivity index (χ3v) is 5.42. The Morgan fingerprint density at radius 2 is 1.83 bits per heavy atom. The van der Waals surface area contributed by atoms with Gasteiger partial charge in [0.1, 0.15) is 4.88 Å². The van der Waals surface area contributed by atoms with Gasteiger partial charge in [0.05, 0.1) is 24.8 Å². The van der Waals surface area contributed by atoms with Crippen LogP contribution in [0, 0.1) is 18.3 Å². The number of thiazole rings is 1. The van der Waals surface area contributed by atoms with E-state index in [1.165, 1.54) is 0 Å². The van der Waals surface area contributed by atoms with Gasteiger partial charge in [0.15, 0.2) is 4.80 Å². The zero-order valence-electron chi connectivity index (χ0n) is 16.1. The zero-order valence-corrected chi connectivity index (χ0v) is 16.9. The fraction of sp³-hybridized carbons (Fsp3) is 0.182. The fourth-order valence-electron chi connectivity index (χ4n) is 2.75. The SMILES string of the molecule is CCOC(=O)c1sc(=NC(=O)c2ccc(C#N)cc2)n(Cc2ccccc2)c1C. The average Bonchev–Trinajstić information content (AvgIpc) is 3.04. The van der Waals surface area contributed by atoms with Crippen LogP contribution in [0.1, 0.15) is 43.8 Å². The van der Waals surface area contributed by atoms with Gasteiger partial charge in [-0.2, -0.15) is 10.3 Å². The molecule has 1 aromatic heterocycles. The summed E-state index contributed by atoms with van der Waals surface area (Å²) >= 11 is 1.13. The molecule has 1 amide bonds. The van der Waals surface area contributed by atoms with E-state index in [4.69, 9.17) is 10.00 Å².